The third-order valence-corrected chi connectivity index (χ3v) is 19.9. The normalized spacial score (nSPS) is 46.6. The van der Waals surface area contributed by atoms with Crippen molar-refractivity contribution in [1.29, 1.82) is 0 Å². The quantitative estimate of drug-likeness (QED) is 0.0306. The maximum absolute atomic E-state index is 13.2. The van der Waals surface area contributed by atoms with Gasteiger partial charge in [-0.05, 0) is 13.8 Å². The van der Waals surface area contributed by atoms with Gasteiger partial charge in [0, 0.05) is 27.7 Å². The van der Waals surface area contributed by atoms with Crippen molar-refractivity contribution in [1.82, 2.24) is 21.3 Å². The van der Waals surface area contributed by atoms with E-state index in [2.05, 4.69) is 21.3 Å². The molecule has 0 aromatic heterocycles. The lowest BCUT2D eigenvalue weighted by Crippen LogP contribution is -2.71. The van der Waals surface area contributed by atoms with Gasteiger partial charge >= 0.3 is 0 Å². The van der Waals surface area contributed by atoms with Gasteiger partial charge in [0.25, 0.3) is 0 Å². The Morgan fingerprint density at radius 1 is 0.327 bits per heavy atom. The Bertz CT molecular complexity index is 2880. The first-order valence-electron chi connectivity index (χ1n) is 35.3. The summed E-state index contributed by atoms with van der Waals surface area (Å²) in [6.45, 7) is -2.51. The first kappa shape index (κ1) is 91.8. The zero-order valence-corrected chi connectivity index (χ0v) is 60.0. The molecule has 4 amide bonds. The van der Waals surface area contributed by atoms with Gasteiger partial charge in [-0.15, -0.1) is 0 Å². The molecule has 48 heteroatoms. The number of carbonyl (C=O) groups is 4. The molecule has 8 saturated heterocycles. The average molecular weight is 1610 g/mol. The molecule has 0 bridgehead atoms. The number of ether oxygens (including phenoxy) is 16. The highest BCUT2D eigenvalue weighted by atomic mass is 16.8. The van der Waals surface area contributed by atoms with E-state index in [0.717, 1.165) is 27.7 Å². The minimum atomic E-state index is -2.45. The molecule has 0 unspecified atom stereocenters. The molecule has 0 aliphatic carbocycles. The first-order valence-corrected chi connectivity index (χ1v) is 35.3. The average Bonchev–Trinajstić information content (AvgIpc) is 0.767. The largest absolute Gasteiger partial charge is 0.394 e. The summed E-state index contributed by atoms with van der Waals surface area (Å²) in [6, 6.07) is -7.54. The van der Waals surface area contributed by atoms with Gasteiger partial charge in [0.1, 0.15) is 201 Å². The van der Waals surface area contributed by atoms with Crippen LogP contribution in [0.25, 0.3) is 0 Å². The second-order valence-electron chi connectivity index (χ2n) is 27.9. The van der Waals surface area contributed by atoms with Crippen molar-refractivity contribution < 1.29 is 218 Å². The smallest absolute Gasteiger partial charge is 0.217 e. The molecule has 0 aromatic carbocycles. The fourth-order valence-corrected chi connectivity index (χ4v) is 14.0. The maximum Gasteiger partial charge on any atom is 0.217 e. The molecular weight excluding hydrogens is 1500 g/mol. The molecule has 8 fully saturated rings. The van der Waals surface area contributed by atoms with Crippen LogP contribution in [0, 0.1) is 0 Å². The van der Waals surface area contributed by atoms with Gasteiger partial charge in [0.05, 0.1) is 71.1 Å². The Kier molecular flexibility index (Phi) is 33.7. The SMILES string of the molecule is CC(=O)N[C@H]1[C@H](OC[C@@H](O)[C@H](O)[C@H](O[C@@H]2O[C@H](CO)[C@@H](O)[C@H](O[C@@H]3O[C@H](CO)[C@H](O)[C@H](O)[C@H]3O[C@@H]3O[C@@H](C)[C@@H](O)[C@@H](O)[C@@H]3O)[C@H]2NC(C)=O)[C@H](CO)NC(C)=O)O[C@H](CO)[C@@H](O[C@@H]2O[C@H](CO)[C@H](O)[C@H](O[C@@H]3O[C@H](CO)[C@@H](O[C@@H]4O[C@H](CO)[C@H](O)[C@H](O)[C@H]4O)[C@H](O[C@@H]4O[C@@H](C)[C@@H](O)[C@@H](O)[C@@H]4O)[C@H]3NC(C)=O)[C@H]2O)[C@@H]1O. The molecule has 8 heterocycles. The highest BCUT2D eigenvalue weighted by Crippen LogP contribution is 2.40. The van der Waals surface area contributed by atoms with E-state index >= 15 is 0 Å². The van der Waals surface area contributed by atoms with Crippen LogP contribution in [-0.2, 0) is 95.0 Å². The Balaban J connectivity index is 1.03. The molecular formula is C62H106N4O44. The third-order valence-electron chi connectivity index (χ3n) is 19.9. The van der Waals surface area contributed by atoms with E-state index in [-0.39, 0.29) is 0 Å². The second kappa shape index (κ2) is 40.4. The van der Waals surface area contributed by atoms with Crippen LogP contribution in [0.3, 0.4) is 0 Å². The lowest BCUT2D eigenvalue weighted by molar-refractivity contribution is -0.390. The summed E-state index contributed by atoms with van der Waals surface area (Å²) in [5, 5.41) is 274. The van der Waals surface area contributed by atoms with Crippen LogP contribution < -0.4 is 21.3 Å². The van der Waals surface area contributed by atoms with Crippen molar-refractivity contribution >= 4 is 23.6 Å². The van der Waals surface area contributed by atoms with Crippen LogP contribution in [0.15, 0.2) is 0 Å². The summed E-state index contributed by atoms with van der Waals surface area (Å²) < 4.78 is 94.7. The van der Waals surface area contributed by atoms with E-state index in [9.17, 15) is 142 Å². The highest BCUT2D eigenvalue weighted by molar-refractivity contribution is 5.74. The molecule has 0 spiro atoms. The molecule has 8 aliphatic rings. The fraction of sp³-hybridized carbons (Fsp3) is 0.935. The fourth-order valence-electron chi connectivity index (χ4n) is 14.0. The number of hydrogen-bond acceptors (Lipinski definition) is 44. The Hall–Kier alpha value is -3.72. The third kappa shape index (κ3) is 20.8. The van der Waals surface area contributed by atoms with Gasteiger partial charge in [-0.25, -0.2) is 0 Å². The number of aliphatic hydroxyl groups is 24. The van der Waals surface area contributed by atoms with Crippen LogP contribution in [0.1, 0.15) is 41.5 Å². The van der Waals surface area contributed by atoms with Crippen molar-refractivity contribution in [2.45, 2.75) is 311 Å². The van der Waals surface area contributed by atoms with Crippen molar-refractivity contribution in [3.8, 4) is 0 Å². The molecule has 8 rings (SSSR count). The van der Waals surface area contributed by atoms with Crippen molar-refractivity contribution in [3.63, 3.8) is 0 Å². The van der Waals surface area contributed by atoms with Crippen LogP contribution in [0.4, 0.5) is 0 Å². The van der Waals surface area contributed by atoms with Crippen molar-refractivity contribution in [2.75, 3.05) is 52.9 Å². The first-order chi connectivity index (χ1) is 51.9. The summed E-state index contributed by atoms with van der Waals surface area (Å²) in [5.41, 5.74) is 0. The number of carbonyl (C=O) groups excluding carboxylic acids is 4. The van der Waals surface area contributed by atoms with Gasteiger partial charge in [0.15, 0.2) is 50.3 Å². The van der Waals surface area contributed by atoms with E-state index in [1.54, 1.807) is 0 Å². The van der Waals surface area contributed by atoms with Gasteiger partial charge in [-0.3, -0.25) is 19.2 Å². The summed E-state index contributed by atoms with van der Waals surface area (Å²) in [5.74, 6) is -3.73. The zero-order valence-electron chi connectivity index (χ0n) is 60.0. The van der Waals surface area contributed by atoms with Crippen molar-refractivity contribution in [3.05, 3.63) is 0 Å². The van der Waals surface area contributed by atoms with E-state index in [0.29, 0.717) is 0 Å². The molecule has 8 aliphatic heterocycles. The predicted molar refractivity (Wildman–Crippen MR) is 343 cm³/mol. The lowest BCUT2D eigenvalue weighted by atomic mass is 9.93. The Morgan fingerprint density at radius 2 is 0.691 bits per heavy atom. The topological polar surface area (TPSA) is 750 Å². The molecule has 0 radical (unpaired) electrons. The van der Waals surface area contributed by atoms with Crippen LogP contribution in [0.5, 0.6) is 0 Å². The van der Waals surface area contributed by atoms with E-state index in [1.807, 2.05) is 0 Å². The standard InChI is InChI=1S/C62H106N4O44/c1-15-32(79)40(87)44(91)58(96-15)108-52-31(66-20(6)77)57(103-28(13-73)50(52)106-60-46(93)42(89)35(82)23(8-68)99-60)109-53-38(85)26(11-71)100-61(47(53)94)105-49-27(12-72)102-55(29(39(49)86)64-18(4)75)95-14-22(78)34(81)48(21(7-67)63-17(3)74)104-56-30(65-19(5)76)51(37(84)25(10-70)98-56)107-62-54(43(90)36(83)24(9-69)101-62)110-59-45(92)41(88)33(80)16(2)97-59/h15-16,21-62,67-73,78-94H,7-14H2,1-6H3,(H,63,74)(H,64,75)(H,65,76)(H,66,77)/t15-,16-,21-,22+,23+,24+,25+,26+,27+,28+,29+,30+,31+,32+,33+,34-,35-,36-,37+,38-,39+,40+,41+,42-,43-,44-,45-,46+,47+,48+,49+,50+,51+,52+,53-,54+,55+,56-,57-,58-,59-,60-,61-,62-/m0/s1. The Labute approximate surface area is 625 Å². The lowest BCUT2D eigenvalue weighted by Gasteiger charge is -2.51. The van der Waals surface area contributed by atoms with Gasteiger partial charge in [0.2, 0.25) is 23.6 Å². The van der Waals surface area contributed by atoms with Crippen molar-refractivity contribution in [2.24, 2.45) is 0 Å². The monoisotopic (exact) mass is 1610 g/mol. The van der Waals surface area contributed by atoms with Gasteiger partial charge in [-0.1, -0.05) is 0 Å². The van der Waals surface area contributed by atoms with Crippen LogP contribution >= 0.6 is 0 Å². The number of rotatable bonds is 31. The number of nitrogens with one attached hydrogen (secondary N) is 4. The molecule has 110 heavy (non-hydrogen) atoms. The molecule has 0 aromatic rings. The predicted octanol–water partition coefficient (Wildman–Crippen LogP) is -18.4. The maximum atomic E-state index is 13.2. The Morgan fingerprint density at radius 3 is 1.18 bits per heavy atom. The molecule has 48 nitrogen and oxygen atoms in total. The number of aliphatic hydroxyl groups excluding tert-OH is 24. The van der Waals surface area contributed by atoms with Crippen LogP contribution in [0.2, 0.25) is 0 Å². The van der Waals surface area contributed by atoms with Gasteiger partial charge in [-0.2, -0.15) is 0 Å². The summed E-state index contributed by atoms with van der Waals surface area (Å²) >= 11 is 0. The minimum Gasteiger partial charge on any atom is -0.394 e. The van der Waals surface area contributed by atoms with E-state index in [1.165, 1.54) is 13.8 Å². The summed E-state index contributed by atoms with van der Waals surface area (Å²) in [6.07, 6.45) is -79.5. The van der Waals surface area contributed by atoms with Crippen LogP contribution in [-0.4, -0.2) is 469 Å². The number of amides is 4. The summed E-state index contributed by atoms with van der Waals surface area (Å²) in [7, 11) is 0. The van der Waals surface area contributed by atoms with E-state index in [4.69, 9.17) is 75.8 Å². The molecule has 28 N–H and O–H groups in total. The van der Waals surface area contributed by atoms with Gasteiger partial charge < -0.3 is 220 Å². The second-order valence-corrected chi connectivity index (χ2v) is 27.9. The molecule has 0 saturated carbocycles. The molecule has 44 atom stereocenters. The highest BCUT2D eigenvalue weighted by Gasteiger charge is 2.61. The minimum absolute atomic E-state index is 0.908. The number of hydrogen-bond donors (Lipinski definition) is 28. The van der Waals surface area contributed by atoms with E-state index < -0.39 is 346 Å². The zero-order chi connectivity index (χ0) is 81.5. The molecule has 638 valence electrons. The summed E-state index contributed by atoms with van der Waals surface area (Å²) in [4.78, 5) is 51.9.